The van der Waals surface area contributed by atoms with Gasteiger partial charge in [0.25, 0.3) is 11.6 Å². The Morgan fingerprint density at radius 1 is 1.09 bits per heavy atom. The lowest BCUT2D eigenvalue weighted by molar-refractivity contribution is -0.385. The standard InChI is InChI=1S/C26H27N3O6/c30-22(12-11-19-7-2-1-3-8-19)23-24(20-9-4-5-10-21(20)29(33)34)28(26(32)25(23)31)14-6-13-27-15-17-35-18-16-27/h1-5,7-12,24,31H,6,13-18H2/b12-11+/t24-/m0/s1. The maximum Gasteiger partial charge on any atom is 0.290 e. The van der Waals surface area contributed by atoms with E-state index in [0.29, 0.717) is 26.2 Å². The number of ether oxygens (including phenoxy) is 1. The van der Waals surface area contributed by atoms with Crippen molar-refractivity contribution in [1.29, 1.82) is 0 Å². The Hall–Kier alpha value is -3.82. The molecule has 2 aromatic carbocycles. The summed E-state index contributed by atoms with van der Waals surface area (Å²) in [5.41, 5.74) is 0.603. The second-order valence-electron chi connectivity index (χ2n) is 8.40. The molecule has 4 rings (SSSR count). The first-order chi connectivity index (χ1) is 17.0. The quantitative estimate of drug-likeness (QED) is 0.335. The van der Waals surface area contributed by atoms with Crippen LogP contribution in [0.3, 0.4) is 0 Å². The van der Waals surface area contributed by atoms with Crippen molar-refractivity contribution < 1.29 is 24.4 Å². The monoisotopic (exact) mass is 477 g/mol. The number of morpholine rings is 1. The van der Waals surface area contributed by atoms with Crippen molar-refractivity contribution in [2.45, 2.75) is 12.5 Å². The second kappa shape index (κ2) is 11.1. The zero-order chi connectivity index (χ0) is 24.8. The van der Waals surface area contributed by atoms with Gasteiger partial charge in [-0.25, -0.2) is 0 Å². The van der Waals surface area contributed by atoms with Gasteiger partial charge in [0.2, 0.25) is 0 Å². The van der Waals surface area contributed by atoms with Gasteiger partial charge in [-0.1, -0.05) is 48.5 Å². The van der Waals surface area contributed by atoms with E-state index in [9.17, 15) is 24.8 Å². The third-order valence-electron chi connectivity index (χ3n) is 6.20. The van der Waals surface area contributed by atoms with Crippen LogP contribution >= 0.6 is 0 Å². The first-order valence-electron chi connectivity index (χ1n) is 11.5. The van der Waals surface area contributed by atoms with E-state index in [1.54, 1.807) is 12.1 Å². The van der Waals surface area contributed by atoms with Crippen LogP contribution in [0.5, 0.6) is 0 Å². The minimum absolute atomic E-state index is 0.150. The molecule has 0 spiro atoms. The van der Waals surface area contributed by atoms with E-state index in [-0.39, 0.29) is 23.4 Å². The molecule has 9 nitrogen and oxygen atoms in total. The smallest absolute Gasteiger partial charge is 0.290 e. The molecule has 1 saturated heterocycles. The first-order valence-corrected chi connectivity index (χ1v) is 11.5. The highest BCUT2D eigenvalue weighted by Gasteiger charge is 2.44. The van der Waals surface area contributed by atoms with Gasteiger partial charge in [-0.3, -0.25) is 24.6 Å². The second-order valence-corrected chi connectivity index (χ2v) is 8.40. The fraction of sp³-hybridized carbons (Fsp3) is 0.308. The van der Waals surface area contributed by atoms with Crippen molar-refractivity contribution in [3.63, 3.8) is 0 Å². The summed E-state index contributed by atoms with van der Waals surface area (Å²) in [6, 6.07) is 14.1. The van der Waals surface area contributed by atoms with Gasteiger partial charge in [-0.15, -0.1) is 0 Å². The van der Waals surface area contributed by atoms with Crippen LogP contribution in [0.1, 0.15) is 23.6 Å². The molecule has 0 unspecified atom stereocenters. The predicted octanol–water partition coefficient (Wildman–Crippen LogP) is 3.30. The SMILES string of the molecule is O=C(/C=C/c1ccccc1)C1=C(O)C(=O)N(CCCN2CCOCC2)[C@H]1c1ccccc1[N+](=O)[O-]. The predicted molar refractivity (Wildman–Crippen MR) is 130 cm³/mol. The van der Waals surface area contributed by atoms with Crippen LogP contribution in [0, 0.1) is 10.1 Å². The Morgan fingerprint density at radius 3 is 2.49 bits per heavy atom. The minimum atomic E-state index is -1.05. The van der Waals surface area contributed by atoms with Gasteiger partial charge in [0.1, 0.15) is 0 Å². The average molecular weight is 478 g/mol. The van der Waals surface area contributed by atoms with Crippen LogP contribution in [-0.2, 0) is 14.3 Å². The molecule has 2 aromatic rings. The summed E-state index contributed by atoms with van der Waals surface area (Å²) < 4.78 is 5.36. The number of nitro benzene ring substituents is 1. The number of ketones is 1. The molecule has 0 aromatic heterocycles. The molecule has 2 aliphatic heterocycles. The summed E-state index contributed by atoms with van der Waals surface area (Å²) in [7, 11) is 0. The number of nitrogens with zero attached hydrogens (tertiary/aromatic N) is 3. The van der Waals surface area contributed by atoms with E-state index < -0.39 is 28.4 Å². The molecule has 2 aliphatic rings. The molecule has 1 amide bonds. The molecule has 0 aliphatic carbocycles. The lowest BCUT2D eigenvalue weighted by atomic mass is 9.94. The van der Waals surface area contributed by atoms with Crippen molar-refractivity contribution in [1.82, 2.24) is 9.80 Å². The van der Waals surface area contributed by atoms with Crippen molar-refractivity contribution >= 4 is 23.5 Å². The Bertz CT molecular complexity index is 1150. The van der Waals surface area contributed by atoms with Gasteiger partial charge in [0.15, 0.2) is 11.5 Å². The molecule has 2 heterocycles. The first kappa shape index (κ1) is 24.3. The minimum Gasteiger partial charge on any atom is -0.503 e. The average Bonchev–Trinajstić information content (AvgIpc) is 3.13. The number of hydrogen-bond donors (Lipinski definition) is 1. The zero-order valence-corrected chi connectivity index (χ0v) is 19.2. The fourth-order valence-electron chi connectivity index (χ4n) is 4.46. The van der Waals surface area contributed by atoms with E-state index in [2.05, 4.69) is 4.90 Å². The number of hydrogen-bond acceptors (Lipinski definition) is 7. The molecule has 1 N–H and O–H groups in total. The molecule has 1 atom stereocenters. The molecular weight excluding hydrogens is 450 g/mol. The summed E-state index contributed by atoms with van der Waals surface area (Å²) in [5.74, 6) is -1.94. The lowest BCUT2D eigenvalue weighted by Crippen LogP contribution is -2.39. The van der Waals surface area contributed by atoms with E-state index in [0.717, 1.165) is 18.7 Å². The Labute approximate surface area is 203 Å². The van der Waals surface area contributed by atoms with Gasteiger partial charge < -0.3 is 14.7 Å². The number of rotatable bonds is 9. The fourth-order valence-corrected chi connectivity index (χ4v) is 4.46. The molecule has 0 bridgehead atoms. The van der Waals surface area contributed by atoms with Crippen molar-refractivity contribution in [2.75, 3.05) is 39.4 Å². The maximum absolute atomic E-state index is 13.2. The number of carbonyl (C=O) groups is 2. The van der Waals surface area contributed by atoms with E-state index >= 15 is 0 Å². The van der Waals surface area contributed by atoms with Gasteiger partial charge in [0.05, 0.1) is 35.3 Å². The van der Waals surface area contributed by atoms with Gasteiger partial charge in [-0.2, -0.15) is 0 Å². The van der Waals surface area contributed by atoms with E-state index in [1.165, 1.54) is 29.2 Å². The number of aliphatic hydroxyl groups excluding tert-OH is 1. The molecule has 1 fully saturated rings. The van der Waals surface area contributed by atoms with Crippen molar-refractivity contribution in [3.05, 3.63) is 93.2 Å². The number of aliphatic hydroxyl groups is 1. The number of allylic oxidation sites excluding steroid dienone is 1. The molecule has 0 saturated carbocycles. The highest BCUT2D eigenvalue weighted by Crippen LogP contribution is 2.41. The van der Waals surface area contributed by atoms with Crippen LogP contribution < -0.4 is 0 Å². The van der Waals surface area contributed by atoms with E-state index in [4.69, 9.17) is 4.74 Å². The number of carbonyl (C=O) groups excluding carboxylic acids is 2. The molecular formula is C26H27N3O6. The van der Waals surface area contributed by atoms with Gasteiger partial charge >= 0.3 is 0 Å². The van der Waals surface area contributed by atoms with Crippen molar-refractivity contribution in [3.8, 4) is 0 Å². The summed E-state index contributed by atoms with van der Waals surface area (Å²) in [6.45, 7) is 3.81. The highest BCUT2D eigenvalue weighted by atomic mass is 16.6. The normalized spacial score (nSPS) is 19.0. The van der Waals surface area contributed by atoms with Crippen LogP contribution in [0.2, 0.25) is 0 Å². The zero-order valence-electron chi connectivity index (χ0n) is 19.2. The third-order valence-corrected chi connectivity index (χ3v) is 6.20. The topological polar surface area (TPSA) is 113 Å². The summed E-state index contributed by atoms with van der Waals surface area (Å²) >= 11 is 0. The molecule has 35 heavy (non-hydrogen) atoms. The van der Waals surface area contributed by atoms with Crippen LogP contribution in [-0.4, -0.2) is 70.9 Å². The summed E-state index contributed by atoms with van der Waals surface area (Å²) in [6.07, 6.45) is 3.45. The van der Waals surface area contributed by atoms with Gasteiger partial charge in [-0.05, 0) is 24.1 Å². The largest absolute Gasteiger partial charge is 0.503 e. The maximum atomic E-state index is 13.2. The number of nitro groups is 1. The summed E-state index contributed by atoms with van der Waals surface area (Å²) in [5, 5.41) is 22.5. The number of para-hydroxylation sites is 1. The Morgan fingerprint density at radius 2 is 1.77 bits per heavy atom. The molecule has 9 heteroatoms. The molecule has 182 valence electrons. The highest BCUT2D eigenvalue weighted by molar-refractivity contribution is 6.14. The van der Waals surface area contributed by atoms with Crippen LogP contribution in [0.15, 0.2) is 72.0 Å². The third kappa shape index (κ3) is 5.47. The number of benzene rings is 2. The van der Waals surface area contributed by atoms with E-state index in [1.807, 2.05) is 30.3 Å². The van der Waals surface area contributed by atoms with Crippen LogP contribution in [0.25, 0.3) is 6.08 Å². The Balaban J connectivity index is 1.64. The van der Waals surface area contributed by atoms with Crippen molar-refractivity contribution in [2.24, 2.45) is 0 Å². The molecule has 0 radical (unpaired) electrons. The number of amides is 1. The van der Waals surface area contributed by atoms with Crippen LogP contribution in [0.4, 0.5) is 5.69 Å². The summed E-state index contributed by atoms with van der Waals surface area (Å²) in [4.78, 5) is 41.1. The van der Waals surface area contributed by atoms with Gasteiger partial charge in [0, 0.05) is 32.2 Å². The lowest BCUT2D eigenvalue weighted by Gasteiger charge is -2.29. The Kier molecular flexibility index (Phi) is 7.69.